The van der Waals surface area contributed by atoms with Crippen LogP contribution in [0, 0.1) is 12.7 Å². The van der Waals surface area contributed by atoms with Crippen LogP contribution in [0.4, 0.5) is 38.9 Å². The first-order chi connectivity index (χ1) is 18.4. The number of anilines is 6. The van der Waals surface area contributed by atoms with Gasteiger partial charge >= 0.3 is 0 Å². The van der Waals surface area contributed by atoms with E-state index >= 15 is 4.39 Å². The molecule has 1 fully saturated rings. The molecule has 0 amide bonds. The van der Waals surface area contributed by atoms with Gasteiger partial charge in [-0.05, 0) is 65.1 Å². The van der Waals surface area contributed by atoms with Gasteiger partial charge in [-0.2, -0.15) is 4.98 Å². The van der Waals surface area contributed by atoms with Crippen LogP contribution in [-0.2, 0) is 10.0 Å². The maximum absolute atomic E-state index is 15.5. The van der Waals surface area contributed by atoms with E-state index in [0.29, 0.717) is 28.6 Å². The van der Waals surface area contributed by atoms with Crippen molar-refractivity contribution in [3.05, 3.63) is 54.0 Å². The summed E-state index contributed by atoms with van der Waals surface area (Å²) in [5.41, 5.74) is 2.74. The summed E-state index contributed by atoms with van der Waals surface area (Å²) in [4.78, 5) is 13.1. The summed E-state index contributed by atoms with van der Waals surface area (Å²) in [6.07, 6.45) is 1.64. The lowest BCUT2D eigenvalue weighted by Gasteiger charge is -2.34. The largest absolute Gasteiger partial charge is 0.492 e. The molecule has 0 aliphatic carbocycles. The van der Waals surface area contributed by atoms with Crippen molar-refractivity contribution in [3.63, 3.8) is 0 Å². The molecule has 39 heavy (non-hydrogen) atoms. The van der Waals surface area contributed by atoms with Gasteiger partial charge in [-0.3, -0.25) is 4.72 Å². The maximum atomic E-state index is 15.5. The van der Waals surface area contributed by atoms with E-state index in [0.717, 1.165) is 31.7 Å². The molecule has 0 radical (unpaired) electrons. The third-order valence-corrected chi connectivity index (χ3v) is 8.64. The second-order valence-electron chi connectivity index (χ2n) is 10.5. The average Bonchev–Trinajstić information content (AvgIpc) is 2.86. The molecule has 0 unspecified atom stereocenters. The molecule has 1 aromatic heterocycles. The monoisotopic (exact) mass is 557 g/mol. The van der Waals surface area contributed by atoms with Gasteiger partial charge in [-0.15, -0.1) is 0 Å². The minimum absolute atomic E-state index is 0.0870. The number of nitrogens with one attached hydrogen (secondary N) is 3. The fraction of sp³-hybridized carbons (Fsp3) is 0.407. The predicted octanol–water partition coefficient (Wildman–Crippen LogP) is 4.71. The maximum Gasteiger partial charge on any atom is 0.237 e. The third kappa shape index (κ3) is 6.51. The number of methoxy groups -OCH3 is 1. The lowest BCUT2D eigenvalue weighted by atomic mass is 10.2. The number of aromatic nitrogens is 2. The van der Waals surface area contributed by atoms with E-state index in [-0.39, 0.29) is 11.7 Å². The molecular weight excluding hydrogens is 521 g/mol. The Morgan fingerprint density at radius 3 is 2.38 bits per heavy atom. The van der Waals surface area contributed by atoms with Gasteiger partial charge in [0.1, 0.15) is 5.82 Å². The van der Waals surface area contributed by atoms with Gasteiger partial charge in [0, 0.05) is 43.6 Å². The van der Waals surface area contributed by atoms with E-state index < -0.39 is 20.6 Å². The first-order valence-electron chi connectivity index (χ1n) is 12.7. The first-order valence-corrected chi connectivity index (χ1v) is 14.2. The summed E-state index contributed by atoms with van der Waals surface area (Å²) < 4.78 is 47.7. The molecule has 3 N–H and O–H groups in total. The molecule has 2 heterocycles. The van der Waals surface area contributed by atoms with Crippen LogP contribution in [0.2, 0.25) is 0 Å². The standard InChI is InChI=1S/C27H36FN7O3S/c1-18-17-29-26(31-21-10-11-22(23(28)24(21)38-6)35-14-12-34(5)13-15-35)32-25(18)30-19-8-7-9-20(16-19)33-39(36,37)27(2,3)4/h7-11,16-17,33H,12-15H2,1-6H3,(H2,29,30,31,32). The Labute approximate surface area is 229 Å². The Morgan fingerprint density at radius 2 is 1.72 bits per heavy atom. The number of benzene rings is 2. The van der Waals surface area contributed by atoms with Crippen molar-refractivity contribution in [2.45, 2.75) is 32.4 Å². The summed E-state index contributed by atoms with van der Waals surface area (Å²) in [5.74, 6) is 0.408. The second-order valence-corrected chi connectivity index (χ2v) is 13.0. The van der Waals surface area contributed by atoms with Crippen LogP contribution in [0.5, 0.6) is 5.75 Å². The van der Waals surface area contributed by atoms with E-state index in [9.17, 15) is 8.42 Å². The summed E-state index contributed by atoms with van der Waals surface area (Å²) in [7, 11) is -0.0895. The number of hydrogen-bond acceptors (Lipinski definition) is 9. The number of rotatable bonds is 8. The number of hydrogen-bond donors (Lipinski definition) is 3. The summed E-state index contributed by atoms with van der Waals surface area (Å²) >= 11 is 0. The molecule has 210 valence electrons. The Morgan fingerprint density at radius 1 is 1.03 bits per heavy atom. The number of ether oxygens (including phenoxy) is 1. The fourth-order valence-corrected chi connectivity index (χ4v) is 4.73. The summed E-state index contributed by atoms with van der Waals surface area (Å²) in [5, 5.41) is 6.29. The van der Waals surface area contributed by atoms with Crippen LogP contribution in [0.3, 0.4) is 0 Å². The number of likely N-dealkylation sites (N-methyl/N-ethyl adjacent to an activating group) is 1. The average molecular weight is 558 g/mol. The Hall–Kier alpha value is -3.64. The summed E-state index contributed by atoms with van der Waals surface area (Å²) in [6.45, 7) is 9.95. The molecule has 0 atom stereocenters. The van der Waals surface area contributed by atoms with E-state index in [4.69, 9.17) is 4.74 Å². The Balaban J connectivity index is 1.54. The Kier molecular flexibility index (Phi) is 8.17. The SMILES string of the molecule is COc1c(Nc2ncc(C)c(Nc3cccc(NS(=O)(=O)C(C)(C)C)c3)n2)ccc(N2CCN(C)CC2)c1F. The van der Waals surface area contributed by atoms with Gasteiger partial charge in [0.15, 0.2) is 11.6 Å². The third-order valence-electron chi connectivity index (χ3n) is 6.53. The molecule has 1 aliphatic heterocycles. The highest BCUT2D eigenvalue weighted by atomic mass is 32.2. The van der Waals surface area contributed by atoms with Gasteiger partial charge < -0.3 is 25.2 Å². The van der Waals surface area contributed by atoms with E-state index in [1.165, 1.54) is 7.11 Å². The van der Waals surface area contributed by atoms with Crippen LogP contribution in [0.1, 0.15) is 26.3 Å². The molecule has 4 rings (SSSR count). The fourth-order valence-electron chi connectivity index (χ4n) is 3.99. The van der Waals surface area contributed by atoms with Crippen molar-refractivity contribution in [1.82, 2.24) is 14.9 Å². The first kappa shape index (κ1) is 28.4. The molecule has 1 saturated heterocycles. The Bertz CT molecular complexity index is 1440. The van der Waals surface area contributed by atoms with Crippen LogP contribution in [0.15, 0.2) is 42.6 Å². The van der Waals surface area contributed by atoms with E-state index in [1.807, 2.05) is 11.8 Å². The normalized spacial score (nSPS) is 14.7. The van der Waals surface area contributed by atoms with Crippen molar-refractivity contribution >= 4 is 44.5 Å². The van der Waals surface area contributed by atoms with Crippen LogP contribution >= 0.6 is 0 Å². The number of aryl methyl sites for hydroxylation is 1. The van der Waals surface area contributed by atoms with Gasteiger partial charge in [-0.25, -0.2) is 17.8 Å². The van der Waals surface area contributed by atoms with E-state index in [1.54, 1.807) is 63.4 Å². The van der Waals surface area contributed by atoms with Crippen molar-refractivity contribution in [1.29, 1.82) is 0 Å². The highest BCUT2D eigenvalue weighted by molar-refractivity contribution is 7.94. The van der Waals surface area contributed by atoms with Gasteiger partial charge in [0.2, 0.25) is 16.0 Å². The number of nitrogens with zero attached hydrogens (tertiary/aromatic N) is 4. The minimum Gasteiger partial charge on any atom is -0.492 e. The molecule has 0 spiro atoms. The zero-order chi connectivity index (χ0) is 28.4. The lowest BCUT2D eigenvalue weighted by Crippen LogP contribution is -2.44. The molecule has 0 saturated carbocycles. The molecule has 3 aromatic rings. The zero-order valence-electron chi connectivity index (χ0n) is 23.2. The number of piperazine rings is 1. The molecule has 2 aromatic carbocycles. The lowest BCUT2D eigenvalue weighted by molar-refractivity contribution is 0.311. The van der Waals surface area contributed by atoms with Crippen LogP contribution in [-0.4, -0.2) is 68.4 Å². The van der Waals surface area contributed by atoms with Crippen LogP contribution < -0.4 is 25.0 Å². The van der Waals surface area contributed by atoms with Crippen LogP contribution in [0.25, 0.3) is 0 Å². The smallest absolute Gasteiger partial charge is 0.237 e. The van der Waals surface area contributed by atoms with Gasteiger partial charge in [0.25, 0.3) is 0 Å². The van der Waals surface area contributed by atoms with Crippen molar-refractivity contribution < 1.29 is 17.5 Å². The van der Waals surface area contributed by atoms with Gasteiger partial charge in [0.05, 0.1) is 28.9 Å². The summed E-state index contributed by atoms with van der Waals surface area (Å²) in [6, 6.07) is 10.4. The quantitative estimate of drug-likeness (QED) is 0.362. The number of sulfonamides is 1. The highest BCUT2D eigenvalue weighted by Crippen LogP contribution is 2.36. The minimum atomic E-state index is -3.57. The molecule has 10 nitrogen and oxygen atoms in total. The molecule has 12 heteroatoms. The zero-order valence-corrected chi connectivity index (χ0v) is 24.0. The topological polar surface area (TPSA) is 112 Å². The van der Waals surface area contributed by atoms with Crippen molar-refractivity contribution in [2.75, 3.05) is 60.6 Å². The molecular formula is C27H36FN7O3S. The van der Waals surface area contributed by atoms with E-state index in [2.05, 4.69) is 37.3 Å². The molecule has 1 aliphatic rings. The van der Waals surface area contributed by atoms with Gasteiger partial charge in [-0.1, -0.05) is 6.07 Å². The number of halogens is 1. The second kappa shape index (κ2) is 11.2. The molecule has 0 bridgehead atoms. The van der Waals surface area contributed by atoms with Crippen molar-refractivity contribution in [2.24, 2.45) is 0 Å². The predicted molar refractivity (Wildman–Crippen MR) is 155 cm³/mol. The van der Waals surface area contributed by atoms with Crippen molar-refractivity contribution in [3.8, 4) is 5.75 Å². The highest BCUT2D eigenvalue weighted by Gasteiger charge is 2.29.